The minimum Gasteiger partial charge on any atom is -0.454 e. The predicted molar refractivity (Wildman–Crippen MR) is 146 cm³/mol. The summed E-state index contributed by atoms with van der Waals surface area (Å²) in [5.41, 5.74) is 2.26. The van der Waals surface area contributed by atoms with Crippen molar-refractivity contribution in [3.63, 3.8) is 0 Å². The third-order valence-electron chi connectivity index (χ3n) is 7.10. The molecule has 0 radical (unpaired) electrons. The highest BCUT2D eigenvalue weighted by atomic mass is 16.7. The molecule has 1 saturated carbocycles. The number of aromatic nitrogens is 3. The molecule has 2 heterocycles. The minimum absolute atomic E-state index is 0.0118. The molecule has 2 aliphatic rings. The van der Waals surface area contributed by atoms with Gasteiger partial charge in [-0.2, -0.15) is 15.0 Å². The van der Waals surface area contributed by atoms with E-state index in [1.807, 2.05) is 18.2 Å². The summed E-state index contributed by atoms with van der Waals surface area (Å²) in [6.45, 7) is 2.96. The van der Waals surface area contributed by atoms with Crippen molar-refractivity contribution in [2.45, 2.75) is 57.7 Å². The summed E-state index contributed by atoms with van der Waals surface area (Å²) in [6, 6.07) is 21.2. The van der Waals surface area contributed by atoms with Crippen LogP contribution in [-0.2, 0) is 6.54 Å². The Morgan fingerprint density at radius 3 is 2.54 bits per heavy atom. The van der Waals surface area contributed by atoms with Crippen LogP contribution in [0.4, 0.5) is 17.8 Å². The van der Waals surface area contributed by atoms with E-state index in [0.29, 0.717) is 30.4 Å². The van der Waals surface area contributed by atoms with E-state index in [4.69, 9.17) is 24.4 Å². The fourth-order valence-electron chi connectivity index (χ4n) is 5.15. The predicted octanol–water partition coefficient (Wildman–Crippen LogP) is 6.28. The zero-order chi connectivity index (χ0) is 25.0. The fraction of sp³-hybridized carbons (Fsp3) is 0.345. The molecule has 1 atom stereocenters. The largest absolute Gasteiger partial charge is 0.454 e. The van der Waals surface area contributed by atoms with E-state index in [1.165, 1.54) is 35.6 Å². The minimum atomic E-state index is 0.0118. The second-order valence-corrected chi connectivity index (χ2v) is 9.76. The molecular weight excluding hydrogens is 464 g/mol. The zero-order valence-corrected chi connectivity index (χ0v) is 21.0. The van der Waals surface area contributed by atoms with E-state index in [1.54, 1.807) is 0 Å². The summed E-state index contributed by atoms with van der Waals surface area (Å²) in [6.07, 6.45) is 6.05. The maximum absolute atomic E-state index is 5.52. The quantitative estimate of drug-likeness (QED) is 0.262. The first-order chi connectivity index (χ1) is 18.2. The molecule has 1 unspecified atom stereocenters. The first-order valence-electron chi connectivity index (χ1n) is 13.1. The average molecular weight is 497 g/mol. The van der Waals surface area contributed by atoms with Gasteiger partial charge in [-0.3, -0.25) is 0 Å². The number of rotatable bonds is 8. The van der Waals surface area contributed by atoms with E-state index in [0.717, 1.165) is 29.9 Å². The van der Waals surface area contributed by atoms with Gasteiger partial charge in [-0.05, 0) is 53.8 Å². The van der Waals surface area contributed by atoms with E-state index in [-0.39, 0.29) is 12.8 Å². The van der Waals surface area contributed by atoms with Crippen molar-refractivity contribution < 1.29 is 9.47 Å². The van der Waals surface area contributed by atoms with Crippen molar-refractivity contribution in [3.05, 3.63) is 71.8 Å². The van der Waals surface area contributed by atoms with Gasteiger partial charge < -0.3 is 25.4 Å². The molecule has 37 heavy (non-hydrogen) atoms. The van der Waals surface area contributed by atoms with Crippen LogP contribution >= 0.6 is 0 Å². The molecule has 8 heteroatoms. The zero-order valence-electron chi connectivity index (χ0n) is 21.0. The smallest absolute Gasteiger partial charge is 0.231 e. The molecule has 1 aromatic heterocycles. The van der Waals surface area contributed by atoms with E-state index < -0.39 is 0 Å². The van der Waals surface area contributed by atoms with E-state index in [2.05, 4.69) is 65.3 Å². The van der Waals surface area contributed by atoms with Crippen LogP contribution in [0.15, 0.2) is 60.7 Å². The summed E-state index contributed by atoms with van der Waals surface area (Å²) >= 11 is 0. The van der Waals surface area contributed by atoms with Gasteiger partial charge in [-0.25, -0.2) is 0 Å². The number of fused-ring (bicyclic) bond motifs is 2. The first kappa shape index (κ1) is 23.3. The Morgan fingerprint density at radius 1 is 0.838 bits per heavy atom. The lowest BCUT2D eigenvalue weighted by Gasteiger charge is -2.23. The standard InChI is InChI=1S/C29H32N6O2/c1-19(23-13-7-9-21-8-5-6-12-24(21)23)31-28-33-27(34-29(35-28)32-22-10-3-2-4-11-22)30-17-20-14-15-25-26(16-20)37-18-36-25/h5-9,12-16,19,22H,2-4,10-11,17-18H2,1H3,(H3,30,31,32,33,34,35). The van der Waals surface area contributed by atoms with Crippen LogP contribution in [0.5, 0.6) is 11.5 Å². The number of benzene rings is 3. The van der Waals surface area contributed by atoms with Crippen LogP contribution in [0.1, 0.15) is 56.2 Å². The van der Waals surface area contributed by atoms with Crippen molar-refractivity contribution in [2.75, 3.05) is 22.7 Å². The first-order valence-corrected chi connectivity index (χ1v) is 13.1. The second kappa shape index (κ2) is 10.5. The lowest BCUT2D eigenvalue weighted by atomic mass is 9.96. The van der Waals surface area contributed by atoms with Gasteiger partial charge in [0.1, 0.15) is 0 Å². The molecule has 4 aromatic rings. The summed E-state index contributed by atoms with van der Waals surface area (Å²) < 4.78 is 10.9. The SMILES string of the molecule is CC(Nc1nc(NCc2ccc3c(c2)OCO3)nc(NC2CCCCC2)n1)c1cccc2ccccc12. The van der Waals surface area contributed by atoms with E-state index >= 15 is 0 Å². The molecule has 190 valence electrons. The van der Waals surface area contributed by atoms with Crippen LogP contribution < -0.4 is 25.4 Å². The lowest BCUT2D eigenvalue weighted by Crippen LogP contribution is -2.24. The summed E-state index contributed by atoms with van der Waals surface area (Å²) in [7, 11) is 0. The van der Waals surface area contributed by atoms with Crippen LogP contribution in [-0.4, -0.2) is 27.8 Å². The van der Waals surface area contributed by atoms with Crippen LogP contribution in [0.25, 0.3) is 10.8 Å². The summed E-state index contributed by atoms with van der Waals surface area (Å²) in [5, 5.41) is 12.9. The van der Waals surface area contributed by atoms with Gasteiger partial charge in [0.25, 0.3) is 0 Å². The van der Waals surface area contributed by atoms with Gasteiger partial charge in [0.05, 0.1) is 6.04 Å². The average Bonchev–Trinajstić information content (AvgIpc) is 3.40. The van der Waals surface area contributed by atoms with Crippen molar-refractivity contribution in [2.24, 2.45) is 0 Å². The molecule has 0 bridgehead atoms. The van der Waals surface area contributed by atoms with E-state index in [9.17, 15) is 0 Å². The highest BCUT2D eigenvalue weighted by molar-refractivity contribution is 5.86. The Kier molecular flexibility index (Phi) is 6.62. The monoisotopic (exact) mass is 496 g/mol. The number of anilines is 3. The number of hydrogen-bond donors (Lipinski definition) is 3. The Morgan fingerprint density at radius 2 is 1.62 bits per heavy atom. The van der Waals surface area contributed by atoms with Crippen LogP contribution in [0.3, 0.4) is 0 Å². The van der Waals surface area contributed by atoms with Crippen molar-refractivity contribution >= 4 is 28.6 Å². The van der Waals surface area contributed by atoms with Gasteiger partial charge in [0.15, 0.2) is 11.5 Å². The molecule has 0 saturated heterocycles. The molecule has 1 aliphatic heterocycles. The van der Waals surface area contributed by atoms with Gasteiger partial charge in [0, 0.05) is 12.6 Å². The molecule has 1 aliphatic carbocycles. The molecule has 1 fully saturated rings. The summed E-state index contributed by atoms with van der Waals surface area (Å²) in [5.74, 6) is 3.21. The number of nitrogens with one attached hydrogen (secondary N) is 3. The van der Waals surface area contributed by atoms with Crippen molar-refractivity contribution in [3.8, 4) is 11.5 Å². The molecule has 0 amide bonds. The Balaban J connectivity index is 1.24. The maximum atomic E-state index is 5.52. The normalized spacial score (nSPS) is 15.9. The number of nitrogens with zero attached hydrogens (tertiary/aromatic N) is 3. The molecule has 0 spiro atoms. The summed E-state index contributed by atoms with van der Waals surface area (Å²) in [4.78, 5) is 14.2. The third-order valence-corrected chi connectivity index (χ3v) is 7.10. The highest BCUT2D eigenvalue weighted by Gasteiger charge is 2.18. The third kappa shape index (κ3) is 5.38. The van der Waals surface area contributed by atoms with Crippen LogP contribution in [0.2, 0.25) is 0 Å². The van der Waals surface area contributed by atoms with Crippen molar-refractivity contribution in [1.29, 1.82) is 0 Å². The fourth-order valence-corrected chi connectivity index (χ4v) is 5.15. The van der Waals surface area contributed by atoms with Gasteiger partial charge in [-0.1, -0.05) is 67.8 Å². The molecule has 3 N–H and O–H groups in total. The topological polar surface area (TPSA) is 93.2 Å². The molecule has 3 aromatic carbocycles. The van der Waals surface area contributed by atoms with Gasteiger partial charge in [0.2, 0.25) is 24.6 Å². The Hall–Kier alpha value is -4.07. The Labute approximate surface area is 216 Å². The molecular formula is C29H32N6O2. The van der Waals surface area contributed by atoms with Crippen molar-refractivity contribution in [1.82, 2.24) is 15.0 Å². The molecule has 8 nitrogen and oxygen atoms in total. The maximum Gasteiger partial charge on any atom is 0.231 e. The second-order valence-electron chi connectivity index (χ2n) is 9.76. The van der Waals surface area contributed by atoms with Crippen LogP contribution in [0, 0.1) is 0 Å². The molecule has 6 rings (SSSR count). The number of ether oxygens (including phenoxy) is 2. The highest BCUT2D eigenvalue weighted by Crippen LogP contribution is 2.33. The lowest BCUT2D eigenvalue weighted by molar-refractivity contribution is 0.174. The Bertz CT molecular complexity index is 1380. The number of hydrogen-bond acceptors (Lipinski definition) is 8. The van der Waals surface area contributed by atoms with Gasteiger partial charge >= 0.3 is 0 Å². The van der Waals surface area contributed by atoms with Gasteiger partial charge in [-0.15, -0.1) is 0 Å².